The molecule has 0 unspecified atom stereocenters. The maximum absolute atomic E-state index is 12.5. The summed E-state index contributed by atoms with van der Waals surface area (Å²) >= 11 is 6.60. The SMILES string of the molecule is COC(=O)c1cc2c([nH]c3ccccc32)c(-c2cc(-c3ccccc3)c3cccc(Cl)c3n2)n1. The number of H-pyrrole nitrogens is 1. The number of hydrogen-bond acceptors (Lipinski definition) is 4. The lowest BCUT2D eigenvalue weighted by atomic mass is 9.99. The molecule has 0 saturated carbocycles. The summed E-state index contributed by atoms with van der Waals surface area (Å²) in [7, 11) is 1.35. The fourth-order valence-corrected chi connectivity index (χ4v) is 4.65. The molecule has 1 N–H and O–H groups in total. The monoisotopic (exact) mass is 463 g/mol. The number of rotatable bonds is 3. The van der Waals surface area contributed by atoms with Crippen LogP contribution in [-0.4, -0.2) is 28.0 Å². The van der Waals surface area contributed by atoms with Gasteiger partial charge in [0, 0.05) is 21.7 Å². The van der Waals surface area contributed by atoms with Gasteiger partial charge < -0.3 is 9.72 Å². The van der Waals surface area contributed by atoms with Gasteiger partial charge in [0.1, 0.15) is 11.4 Å². The summed E-state index contributed by atoms with van der Waals surface area (Å²) in [6.07, 6.45) is 0. The van der Waals surface area contributed by atoms with Gasteiger partial charge in [0.15, 0.2) is 0 Å². The number of pyridine rings is 2. The van der Waals surface area contributed by atoms with Crippen LogP contribution in [0.15, 0.2) is 84.9 Å². The van der Waals surface area contributed by atoms with Gasteiger partial charge in [-0.2, -0.15) is 0 Å². The van der Waals surface area contributed by atoms with E-state index in [-0.39, 0.29) is 5.69 Å². The Hall–Kier alpha value is -4.22. The number of fused-ring (bicyclic) bond motifs is 4. The van der Waals surface area contributed by atoms with E-state index in [4.69, 9.17) is 26.3 Å². The highest BCUT2D eigenvalue weighted by Crippen LogP contribution is 2.37. The van der Waals surface area contributed by atoms with Gasteiger partial charge in [0.05, 0.1) is 28.9 Å². The molecule has 0 fully saturated rings. The molecule has 3 aromatic carbocycles. The van der Waals surface area contributed by atoms with Crippen molar-refractivity contribution in [1.29, 1.82) is 0 Å². The first kappa shape index (κ1) is 20.4. The van der Waals surface area contributed by atoms with Crippen LogP contribution in [-0.2, 0) is 4.74 Å². The quantitative estimate of drug-likeness (QED) is 0.286. The standard InChI is InChI=1S/C28H18ClN3O2/c1-34-28(33)24-15-20-17-10-5-6-13-22(17)30-26(20)27(32-24)23-14-19(16-8-3-2-4-9-16)18-11-7-12-21(29)25(18)31-23/h2-15,30H,1H3. The zero-order chi connectivity index (χ0) is 23.2. The Morgan fingerprint density at radius 3 is 2.44 bits per heavy atom. The maximum Gasteiger partial charge on any atom is 0.356 e. The average molecular weight is 464 g/mol. The zero-order valence-corrected chi connectivity index (χ0v) is 18.9. The third kappa shape index (κ3) is 3.21. The summed E-state index contributed by atoms with van der Waals surface area (Å²) in [6, 6.07) is 27.5. The predicted octanol–water partition coefficient (Wildman–Crippen LogP) is 7.04. The van der Waals surface area contributed by atoms with Gasteiger partial charge in [0.25, 0.3) is 0 Å². The van der Waals surface area contributed by atoms with Crippen molar-refractivity contribution < 1.29 is 9.53 Å². The largest absolute Gasteiger partial charge is 0.464 e. The second kappa shape index (κ2) is 7.97. The molecule has 0 amide bonds. The molecule has 6 aromatic rings. The lowest BCUT2D eigenvalue weighted by molar-refractivity contribution is 0.0594. The Bertz CT molecular complexity index is 1730. The van der Waals surface area contributed by atoms with Crippen LogP contribution in [0.1, 0.15) is 10.5 Å². The van der Waals surface area contributed by atoms with E-state index in [1.807, 2.05) is 66.7 Å². The molecule has 3 heterocycles. The van der Waals surface area contributed by atoms with Crippen molar-refractivity contribution in [2.45, 2.75) is 0 Å². The minimum Gasteiger partial charge on any atom is -0.464 e. The number of carbonyl (C=O) groups excluding carboxylic acids is 1. The molecule has 0 atom stereocenters. The molecule has 0 spiro atoms. The van der Waals surface area contributed by atoms with Gasteiger partial charge in [0.2, 0.25) is 0 Å². The summed E-state index contributed by atoms with van der Waals surface area (Å²) in [5, 5.41) is 3.37. The summed E-state index contributed by atoms with van der Waals surface area (Å²) < 4.78 is 4.99. The van der Waals surface area contributed by atoms with Crippen molar-refractivity contribution in [2.75, 3.05) is 7.11 Å². The van der Waals surface area contributed by atoms with E-state index in [0.29, 0.717) is 21.9 Å². The molecule has 0 saturated heterocycles. The van der Waals surface area contributed by atoms with E-state index in [0.717, 1.165) is 38.3 Å². The molecule has 0 aliphatic carbocycles. The van der Waals surface area contributed by atoms with Gasteiger partial charge in [-0.05, 0) is 35.4 Å². The molecular formula is C28H18ClN3O2. The fourth-order valence-electron chi connectivity index (χ4n) is 4.43. The highest BCUT2D eigenvalue weighted by atomic mass is 35.5. The number of methoxy groups -OCH3 is 1. The number of aromatic amines is 1. The third-order valence-electron chi connectivity index (χ3n) is 6.01. The van der Waals surface area contributed by atoms with Crippen LogP contribution in [0.2, 0.25) is 5.02 Å². The predicted molar refractivity (Wildman–Crippen MR) is 136 cm³/mol. The Morgan fingerprint density at radius 1 is 0.853 bits per heavy atom. The molecule has 0 radical (unpaired) electrons. The van der Waals surface area contributed by atoms with Gasteiger partial charge in [-0.1, -0.05) is 72.3 Å². The second-order valence-corrected chi connectivity index (χ2v) is 8.41. The van der Waals surface area contributed by atoms with Crippen molar-refractivity contribution in [3.63, 3.8) is 0 Å². The molecule has 6 rings (SSSR count). The van der Waals surface area contributed by atoms with E-state index >= 15 is 0 Å². The number of nitrogens with zero attached hydrogens (tertiary/aromatic N) is 2. The van der Waals surface area contributed by atoms with Crippen molar-refractivity contribution in [3.8, 4) is 22.5 Å². The number of carbonyl (C=O) groups is 1. The van der Waals surface area contributed by atoms with Crippen LogP contribution in [0.25, 0.3) is 55.2 Å². The number of ether oxygens (including phenoxy) is 1. The van der Waals surface area contributed by atoms with E-state index in [1.165, 1.54) is 7.11 Å². The lowest BCUT2D eigenvalue weighted by Gasteiger charge is -2.12. The summed E-state index contributed by atoms with van der Waals surface area (Å²) in [4.78, 5) is 25.6. The van der Waals surface area contributed by atoms with Gasteiger partial charge in [-0.25, -0.2) is 14.8 Å². The molecule has 6 heteroatoms. The molecule has 0 bridgehead atoms. The minimum absolute atomic E-state index is 0.220. The van der Waals surface area contributed by atoms with Crippen molar-refractivity contribution in [1.82, 2.24) is 15.0 Å². The molecule has 0 aliphatic rings. The molecule has 164 valence electrons. The van der Waals surface area contributed by atoms with E-state index in [2.05, 4.69) is 17.1 Å². The highest BCUT2D eigenvalue weighted by Gasteiger charge is 2.20. The number of aromatic nitrogens is 3. The minimum atomic E-state index is -0.504. The van der Waals surface area contributed by atoms with Crippen LogP contribution in [0.3, 0.4) is 0 Å². The second-order valence-electron chi connectivity index (χ2n) is 8.00. The Morgan fingerprint density at radius 2 is 1.62 bits per heavy atom. The lowest BCUT2D eigenvalue weighted by Crippen LogP contribution is -2.05. The summed E-state index contributed by atoms with van der Waals surface area (Å²) in [5.41, 5.74) is 5.84. The molecule has 0 aliphatic heterocycles. The Labute approximate surface area is 200 Å². The summed E-state index contributed by atoms with van der Waals surface area (Å²) in [5.74, 6) is -0.504. The number of esters is 1. The first-order valence-corrected chi connectivity index (χ1v) is 11.2. The van der Waals surface area contributed by atoms with Crippen molar-refractivity contribution in [3.05, 3.63) is 95.6 Å². The van der Waals surface area contributed by atoms with Crippen LogP contribution in [0.5, 0.6) is 0 Å². The topological polar surface area (TPSA) is 67.9 Å². The fraction of sp³-hybridized carbons (Fsp3) is 0.0357. The smallest absolute Gasteiger partial charge is 0.356 e. The number of hydrogen-bond donors (Lipinski definition) is 1. The van der Waals surface area contributed by atoms with Crippen molar-refractivity contribution in [2.24, 2.45) is 0 Å². The number of halogens is 1. The molecule has 5 nitrogen and oxygen atoms in total. The Balaban J connectivity index is 1.73. The van der Waals surface area contributed by atoms with Gasteiger partial charge in [-0.3, -0.25) is 0 Å². The third-order valence-corrected chi connectivity index (χ3v) is 6.31. The van der Waals surface area contributed by atoms with E-state index in [9.17, 15) is 4.79 Å². The highest BCUT2D eigenvalue weighted by molar-refractivity contribution is 6.35. The Kier molecular flexibility index (Phi) is 4.78. The zero-order valence-electron chi connectivity index (χ0n) is 18.2. The van der Waals surface area contributed by atoms with Crippen LogP contribution < -0.4 is 0 Å². The number of para-hydroxylation sites is 2. The molecular weight excluding hydrogens is 446 g/mol. The van der Waals surface area contributed by atoms with Gasteiger partial charge in [-0.15, -0.1) is 0 Å². The summed E-state index contributed by atoms with van der Waals surface area (Å²) in [6.45, 7) is 0. The number of benzene rings is 3. The first-order valence-electron chi connectivity index (χ1n) is 10.8. The maximum atomic E-state index is 12.5. The first-order chi connectivity index (χ1) is 16.6. The normalized spacial score (nSPS) is 11.4. The van der Waals surface area contributed by atoms with Gasteiger partial charge >= 0.3 is 5.97 Å². The van der Waals surface area contributed by atoms with Crippen LogP contribution in [0, 0.1) is 0 Å². The van der Waals surface area contributed by atoms with Crippen LogP contribution >= 0.6 is 11.6 Å². The molecule has 3 aromatic heterocycles. The van der Waals surface area contributed by atoms with Crippen molar-refractivity contribution >= 4 is 50.3 Å². The van der Waals surface area contributed by atoms with E-state index < -0.39 is 5.97 Å². The molecule has 34 heavy (non-hydrogen) atoms. The average Bonchev–Trinajstić information content (AvgIpc) is 3.26. The van der Waals surface area contributed by atoms with E-state index in [1.54, 1.807) is 6.07 Å². The number of nitrogens with one attached hydrogen (secondary N) is 1. The van der Waals surface area contributed by atoms with Crippen LogP contribution in [0.4, 0.5) is 0 Å².